The second kappa shape index (κ2) is 6.21. The summed E-state index contributed by atoms with van der Waals surface area (Å²) in [6.07, 6.45) is -0.414. The summed E-state index contributed by atoms with van der Waals surface area (Å²) in [6.45, 7) is 7.23. The summed E-state index contributed by atoms with van der Waals surface area (Å²) in [5.41, 5.74) is -0.551. The van der Waals surface area contributed by atoms with Gasteiger partial charge >= 0.3 is 6.09 Å². The van der Waals surface area contributed by atoms with E-state index in [2.05, 4.69) is 15.8 Å². The van der Waals surface area contributed by atoms with Crippen molar-refractivity contribution in [2.45, 2.75) is 39.7 Å². The van der Waals surface area contributed by atoms with Crippen LogP contribution in [0.1, 0.15) is 33.0 Å². The Hall–Kier alpha value is -2.05. The third-order valence-electron chi connectivity index (χ3n) is 1.92. The van der Waals surface area contributed by atoms with Gasteiger partial charge < -0.3 is 19.9 Å². The highest BCUT2D eigenvalue weighted by molar-refractivity contribution is 5.90. The summed E-state index contributed by atoms with van der Waals surface area (Å²) in [5, 5.41) is 8.67. The molecule has 0 aliphatic rings. The normalized spacial score (nSPS) is 10.9. The van der Waals surface area contributed by atoms with Crippen LogP contribution in [0.3, 0.4) is 0 Å². The minimum atomic E-state index is -0.551. The Morgan fingerprint density at radius 2 is 2.11 bits per heavy atom. The van der Waals surface area contributed by atoms with E-state index in [1.165, 1.54) is 0 Å². The number of amides is 2. The number of aromatic nitrogens is 1. The van der Waals surface area contributed by atoms with Crippen molar-refractivity contribution in [1.82, 2.24) is 10.5 Å². The maximum atomic E-state index is 11.5. The van der Waals surface area contributed by atoms with Gasteiger partial charge in [-0.1, -0.05) is 5.16 Å². The molecule has 0 radical (unpaired) electrons. The molecule has 2 N–H and O–H groups in total. The molecular formula is C12H19N3O4. The maximum absolute atomic E-state index is 11.5. The number of hydrogen-bond donors (Lipinski definition) is 2. The molecule has 0 spiro atoms. The summed E-state index contributed by atoms with van der Waals surface area (Å²) < 4.78 is 9.84. The van der Waals surface area contributed by atoms with Crippen LogP contribution < -0.4 is 10.6 Å². The highest BCUT2D eigenvalue weighted by Crippen LogP contribution is 2.07. The van der Waals surface area contributed by atoms with Crippen molar-refractivity contribution in [2.24, 2.45) is 0 Å². The molecule has 106 valence electrons. The van der Waals surface area contributed by atoms with Crippen molar-refractivity contribution < 1.29 is 18.8 Å². The zero-order chi connectivity index (χ0) is 14.5. The van der Waals surface area contributed by atoms with Crippen molar-refractivity contribution in [1.29, 1.82) is 0 Å². The van der Waals surface area contributed by atoms with Gasteiger partial charge in [-0.2, -0.15) is 0 Å². The number of rotatable bonds is 4. The van der Waals surface area contributed by atoms with Crippen molar-refractivity contribution in [3.63, 3.8) is 0 Å². The quantitative estimate of drug-likeness (QED) is 0.869. The Labute approximate surface area is 111 Å². The first-order valence-electron chi connectivity index (χ1n) is 5.96. The zero-order valence-corrected chi connectivity index (χ0v) is 11.6. The largest absolute Gasteiger partial charge is 0.444 e. The van der Waals surface area contributed by atoms with E-state index in [0.717, 1.165) is 0 Å². The lowest BCUT2D eigenvalue weighted by atomic mass is 10.2. The predicted molar refractivity (Wildman–Crippen MR) is 68.7 cm³/mol. The highest BCUT2D eigenvalue weighted by atomic mass is 16.6. The minimum Gasteiger partial charge on any atom is -0.444 e. The van der Waals surface area contributed by atoms with E-state index >= 15 is 0 Å². The Kier molecular flexibility index (Phi) is 4.91. The SMILES string of the molecule is Cc1cc(NC(=O)CCNC(=O)OC(C)(C)C)no1. The predicted octanol–water partition coefficient (Wildman–Crippen LogP) is 1.84. The second-order valence-electron chi connectivity index (χ2n) is 5.05. The Morgan fingerprint density at radius 3 is 2.63 bits per heavy atom. The van der Waals surface area contributed by atoms with E-state index in [1.807, 2.05) is 0 Å². The maximum Gasteiger partial charge on any atom is 0.407 e. The smallest absolute Gasteiger partial charge is 0.407 e. The number of anilines is 1. The van der Waals surface area contributed by atoms with Crippen molar-refractivity contribution in [3.8, 4) is 0 Å². The van der Waals surface area contributed by atoms with Crippen LogP contribution >= 0.6 is 0 Å². The number of aryl methyl sites for hydroxylation is 1. The molecule has 0 saturated heterocycles. The fourth-order valence-corrected chi connectivity index (χ4v) is 1.22. The topological polar surface area (TPSA) is 93.5 Å². The first-order valence-corrected chi connectivity index (χ1v) is 5.96. The minimum absolute atomic E-state index is 0.130. The molecule has 7 heteroatoms. The molecule has 19 heavy (non-hydrogen) atoms. The van der Waals surface area contributed by atoms with E-state index in [0.29, 0.717) is 11.6 Å². The van der Waals surface area contributed by atoms with Crippen LogP contribution in [-0.2, 0) is 9.53 Å². The van der Waals surface area contributed by atoms with E-state index in [-0.39, 0.29) is 18.9 Å². The number of alkyl carbamates (subject to hydrolysis) is 1. The zero-order valence-electron chi connectivity index (χ0n) is 11.6. The molecule has 0 aliphatic heterocycles. The Balaban J connectivity index is 2.22. The molecule has 1 rings (SSSR count). The summed E-state index contributed by atoms with van der Waals surface area (Å²) in [4.78, 5) is 22.8. The van der Waals surface area contributed by atoms with Crippen LogP contribution in [0.15, 0.2) is 10.6 Å². The number of nitrogens with zero attached hydrogens (tertiary/aromatic N) is 1. The summed E-state index contributed by atoms with van der Waals surface area (Å²) >= 11 is 0. The van der Waals surface area contributed by atoms with Gasteiger partial charge in [0.1, 0.15) is 11.4 Å². The standard InChI is InChI=1S/C12H19N3O4/c1-8-7-9(15-19-8)14-10(16)5-6-13-11(17)18-12(2,3)4/h7H,5-6H2,1-4H3,(H,13,17)(H,14,15,16). The van der Waals surface area contributed by atoms with Crippen molar-refractivity contribution >= 4 is 17.8 Å². The van der Waals surface area contributed by atoms with Crippen molar-refractivity contribution in [2.75, 3.05) is 11.9 Å². The fourth-order valence-electron chi connectivity index (χ4n) is 1.22. The number of nitrogens with one attached hydrogen (secondary N) is 2. The van der Waals surface area contributed by atoms with Gasteiger partial charge in [-0.15, -0.1) is 0 Å². The molecule has 0 atom stereocenters. The van der Waals surface area contributed by atoms with Gasteiger partial charge in [-0.3, -0.25) is 4.79 Å². The molecule has 1 aromatic rings. The van der Waals surface area contributed by atoms with Gasteiger partial charge in [0.25, 0.3) is 0 Å². The third-order valence-corrected chi connectivity index (χ3v) is 1.92. The van der Waals surface area contributed by atoms with E-state index in [9.17, 15) is 9.59 Å². The lowest BCUT2D eigenvalue weighted by Crippen LogP contribution is -2.34. The van der Waals surface area contributed by atoms with Gasteiger partial charge in [0.2, 0.25) is 5.91 Å². The van der Waals surface area contributed by atoms with Crippen LogP contribution in [0.2, 0.25) is 0 Å². The van der Waals surface area contributed by atoms with E-state index < -0.39 is 11.7 Å². The fraction of sp³-hybridized carbons (Fsp3) is 0.583. The first-order chi connectivity index (χ1) is 8.76. The van der Waals surface area contributed by atoms with Crippen LogP contribution in [0.25, 0.3) is 0 Å². The van der Waals surface area contributed by atoms with Crippen LogP contribution in [0, 0.1) is 6.92 Å². The molecule has 0 aromatic carbocycles. The number of hydrogen-bond acceptors (Lipinski definition) is 5. The molecule has 2 amide bonds. The van der Waals surface area contributed by atoms with Crippen LogP contribution in [-0.4, -0.2) is 29.3 Å². The number of carbonyl (C=O) groups is 2. The molecule has 0 aliphatic carbocycles. The molecule has 0 fully saturated rings. The molecule has 0 unspecified atom stereocenters. The second-order valence-corrected chi connectivity index (χ2v) is 5.05. The molecule has 1 aromatic heterocycles. The Bertz CT molecular complexity index is 448. The Morgan fingerprint density at radius 1 is 1.42 bits per heavy atom. The van der Waals surface area contributed by atoms with Crippen molar-refractivity contribution in [3.05, 3.63) is 11.8 Å². The molecule has 7 nitrogen and oxygen atoms in total. The van der Waals surface area contributed by atoms with Gasteiger partial charge in [0.05, 0.1) is 0 Å². The van der Waals surface area contributed by atoms with Gasteiger partial charge in [-0.05, 0) is 27.7 Å². The molecule has 1 heterocycles. The monoisotopic (exact) mass is 269 g/mol. The van der Waals surface area contributed by atoms with Gasteiger partial charge in [0.15, 0.2) is 5.82 Å². The highest BCUT2D eigenvalue weighted by Gasteiger charge is 2.16. The summed E-state index contributed by atoms with van der Waals surface area (Å²) in [7, 11) is 0. The average molecular weight is 269 g/mol. The average Bonchev–Trinajstić information content (AvgIpc) is 2.61. The van der Waals surface area contributed by atoms with Crippen LogP contribution in [0.4, 0.5) is 10.6 Å². The van der Waals surface area contributed by atoms with Gasteiger partial charge in [-0.25, -0.2) is 4.79 Å². The van der Waals surface area contributed by atoms with E-state index in [4.69, 9.17) is 9.26 Å². The lowest BCUT2D eigenvalue weighted by Gasteiger charge is -2.19. The number of carbonyl (C=O) groups excluding carboxylic acids is 2. The van der Waals surface area contributed by atoms with E-state index in [1.54, 1.807) is 33.8 Å². The summed E-state index contributed by atoms with van der Waals surface area (Å²) in [6, 6.07) is 1.61. The molecule has 0 saturated carbocycles. The lowest BCUT2D eigenvalue weighted by molar-refractivity contribution is -0.116. The number of ether oxygens (including phenoxy) is 1. The molecular weight excluding hydrogens is 250 g/mol. The third kappa shape index (κ3) is 6.44. The first kappa shape index (κ1) is 15.0. The van der Waals surface area contributed by atoms with Gasteiger partial charge in [0, 0.05) is 19.0 Å². The van der Waals surface area contributed by atoms with Crippen LogP contribution in [0.5, 0.6) is 0 Å². The summed E-state index contributed by atoms with van der Waals surface area (Å²) in [5.74, 6) is 0.714. The molecule has 0 bridgehead atoms.